The lowest BCUT2D eigenvalue weighted by Gasteiger charge is -2.27. The maximum atomic E-state index is 7.01. The van der Waals surface area contributed by atoms with Crippen LogP contribution >= 0.6 is 0 Å². The van der Waals surface area contributed by atoms with Crippen molar-refractivity contribution in [3.05, 3.63) is 266 Å². The van der Waals surface area contributed by atoms with Gasteiger partial charge in [-0.2, -0.15) is 0 Å². The molecule has 4 aromatic heterocycles. The largest absolute Gasteiger partial charge is 0.456 e. The summed E-state index contributed by atoms with van der Waals surface area (Å²) in [4.78, 5) is 4.67. The predicted molar refractivity (Wildman–Crippen MR) is 340 cm³/mol. The molecule has 0 aliphatic heterocycles. The van der Waals surface area contributed by atoms with Crippen molar-refractivity contribution in [3.8, 4) is 22.3 Å². The maximum absolute atomic E-state index is 7.01. The molecule has 6 heteroatoms. The minimum atomic E-state index is 0.814. The van der Waals surface area contributed by atoms with Crippen LogP contribution in [0.15, 0.2) is 272 Å². The third-order valence-corrected chi connectivity index (χ3v) is 16.8. The summed E-state index contributed by atoms with van der Waals surface area (Å²) in [5.74, 6) is 0. The highest BCUT2D eigenvalue weighted by Gasteiger charge is 2.26. The highest BCUT2D eigenvalue weighted by molar-refractivity contribution is 6.28. The first kappa shape index (κ1) is 46.1. The summed E-state index contributed by atoms with van der Waals surface area (Å²) >= 11 is 0. The second-order valence-corrected chi connectivity index (χ2v) is 21.6. The fraction of sp³-hybridized carbons (Fsp3) is 0.0263. The van der Waals surface area contributed by atoms with Crippen LogP contribution in [0, 0.1) is 13.8 Å². The van der Waals surface area contributed by atoms with E-state index in [4.69, 9.17) is 17.7 Å². The first-order valence-corrected chi connectivity index (χ1v) is 27.9. The van der Waals surface area contributed by atoms with E-state index in [0.717, 1.165) is 177 Å². The predicted octanol–water partition coefficient (Wildman–Crippen LogP) is 22.5. The Morgan fingerprint density at radius 1 is 0.256 bits per heavy atom. The summed E-state index contributed by atoms with van der Waals surface area (Å²) in [6, 6.07) is 90.4. The van der Waals surface area contributed by atoms with Gasteiger partial charge in [-0.3, -0.25) is 0 Å². The summed E-state index contributed by atoms with van der Waals surface area (Å²) < 4.78 is 27.7. The van der Waals surface area contributed by atoms with Crippen LogP contribution in [0.2, 0.25) is 0 Å². The third-order valence-electron chi connectivity index (χ3n) is 16.8. The van der Waals surface area contributed by atoms with Crippen LogP contribution in [0.3, 0.4) is 0 Å². The van der Waals surface area contributed by atoms with E-state index < -0.39 is 0 Å². The standard InChI is InChI=1S/C76H48N2O4/c1-45-17-9-11-29-63(45)77(65-31-15-27-59-57-25-13-23-55(73(57)81-75(59)65)47-19-5-3-6-20-47)53-35-33-49-41-61-69(43-51(49)39-53)79-67-37-38-68-72(71(61)67)62-42-50-34-36-54(40-52(50)44-70(62)80-68)78(64-30-12-10-18-46(64)2)66-32-16-28-60-58-26-14-24-56(74(58)82-76(60)66)48-21-7-4-8-22-48/h3-44H,1-2H3. The molecule has 0 saturated heterocycles. The van der Waals surface area contributed by atoms with Gasteiger partial charge in [-0.15, -0.1) is 0 Å². The van der Waals surface area contributed by atoms with E-state index in [1.807, 2.05) is 24.3 Å². The van der Waals surface area contributed by atoms with E-state index in [1.165, 1.54) is 0 Å². The van der Waals surface area contributed by atoms with Crippen LogP contribution in [0.1, 0.15) is 11.1 Å². The van der Waals surface area contributed by atoms with Gasteiger partial charge in [-0.1, -0.05) is 170 Å². The number of hydrogen-bond acceptors (Lipinski definition) is 6. The fourth-order valence-electron chi connectivity index (χ4n) is 13.0. The summed E-state index contributed by atoms with van der Waals surface area (Å²) in [7, 11) is 0. The van der Waals surface area contributed by atoms with Crippen molar-refractivity contribution < 1.29 is 17.7 Å². The van der Waals surface area contributed by atoms with Crippen molar-refractivity contribution in [1.82, 2.24) is 0 Å². The Labute approximate surface area is 470 Å². The molecule has 13 aromatic carbocycles. The number of nitrogens with zero attached hydrogens (tertiary/aromatic N) is 2. The van der Waals surface area contributed by atoms with Crippen molar-refractivity contribution in [1.29, 1.82) is 0 Å². The van der Waals surface area contributed by atoms with Crippen LogP contribution in [0.5, 0.6) is 0 Å². The molecule has 0 fully saturated rings. The van der Waals surface area contributed by atoms with E-state index in [0.29, 0.717) is 0 Å². The molecule has 17 rings (SSSR count). The van der Waals surface area contributed by atoms with Crippen molar-refractivity contribution in [2.45, 2.75) is 13.8 Å². The van der Waals surface area contributed by atoms with E-state index in [2.05, 4.69) is 254 Å². The van der Waals surface area contributed by atoms with Gasteiger partial charge in [0, 0.05) is 77.0 Å². The molecule has 0 N–H and O–H groups in total. The Bertz CT molecular complexity index is 5110. The molecular weight excluding hydrogens is 1000 g/mol. The number of fused-ring (bicyclic) bond motifs is 15. The van der Waals surface area contributed by atoms with Gasteiger partial charge in [0.05, 0.1) is 11.4 Å². The molecule has 82 heavy (non-hydrogen) atoms. The summed E-state index contributed by atoms with van der Waals surface area (Å²) in [6.07, 6.45) is 0. The third kappa shape index (κ3) is 7.01. The number of hydrogen-bond donors (Lipinski definition) is 0. The molecule has 17 aromatic rings. The second kappa shape index (κ2) is 17.8. The van der Waals surface area contributed by atoms with Gasteiger partial charge < -0.3 is 27.5 Å². The molecule has 0 atom stereocenters. The zero-order valence-electron chi connectivity index (χ0n) is 44.8. The lowest BCUT2D eigenvalue weighted by atomic mass is 10.00. The van der Waals surface area contributed by atoms with Crippen molar-refractivity contribution in [3.63, 3.8) is 0 Å². The first-order chi connectivity index (χ1) is 40.5. The lowest BCUT2D eigenvalue weighted by molar-refractivity contribution is 0.663. The Kier molecular flexibility index (Phi) is 10.0. The van der Waals surface area contributed by atoms with Gasteiger partial charge >= 0.3 is 0 Å². The summed E-state index contributed by atoms with van der Waals surface area (Å²) in [5, 5.41) is 12.8. The van der Waals surface area contributed by atoms with E-state index in [1.54, 1.807) is 0 Å². The zero-order chi connectivity index (χ0) is 54.2. The maximum Gasteiger partial charge on any atom is 0.159 e. The van der Waals surface area contributed by atoms with Crippen LogP contribution < -0.4 is 9.80 Å². The van der Waals surface area contributed by atoms with Gasteiger partial charge in [0.15, 0.2) is 11.2 Å². The number of furan rings is 4. The fourth-order valence-corrected chi connectivity index (χ4v) is 13.0. The van der Waals surface area contributed by atoms with E-state index in [9.17, 15) is 0 Å². The number of anilines is 6. The average Bonchev–Trinajstić information content (AvgIpc) is 3.49. The second-order valence-electron chi connectivity index (χ2n) is 21.6. The van der Waals surface area contributed by atoms with Crippen LogP contribution in [-0.2, 0) is 0 Å². The molecule has 6 nitrogen and oxygen atoms in total. The minimum absolute atomic E-state index is 0.814. The van der Waals surface area contributed by atoms with Gasteiger partial charge in [0.25, 0.3) is 0 Å². The molecule has 4 heterocycles. The lowest BCUT2D eigenvalue weighted by Crippen LogP contribution is -2.11. The Morgan fingerprint density at radius 2 is 0.646 bits per heavy atom. The molecule has 0 amide bonds. The molecular formula is C76H48N2O4. The molecule has 386 valence electrons. The van der Waals surface area contributed by atoms with Crippen LogP contribution in [-0.4, -0.2) is 0 Å². The van der Waals surface area contributed by atoms with Crippen LogP contribution in [0.25, 0.3) is 132 Å². The van der Waals surface area contributed by atoms with Gasteiger partial charge in [0.2, 0.25) is 0 Å². The van der Waals surface area contributed by atoms with E-state index >= 15 is 0 Å². The molecule has 0 aliphatic rings. The normalized spacial score (nSPS) is 12.0. The Balaban J connectivity index is 0.790. The van der Waals surface area contributed by atoms with Gasteiger partial charge in [0.1, 0.15) is 33.5 Å². The average molecular weight is 1050 g/mol. The number of rotatable bonds is 8. The highest BCUT2D eigenvalue weighted by Crippen LogP contribution is 2.49. The number of benzene rings is 13. The Hall–Kier alpha value is -10.8. The van der Waals surface area contributed by atoms with Crippen LogP contribution in [0.4, 0.5) is 34.1 Å². The van der Waals surface area contributed by atoms with Gasteiger partial charge in [-0.25, -0.2) is 0 Å². The SMILES string of the molecule is Cc1ccccc1N(c1ccc2cc3c(cc2c1)oc1ccc2oc4cc5cc(N(c6ccccc6C)c6cccc7c6oc6c(-c8ccccc8)cccc67)ccc5cc4c2c13)c1cccc2c1oc1c(-c3ccccc3)cccc12. The molecule has 0 aliphatic carbocycles. The molecule has 0 bridgehead atoms. The quantitative estimate of drug-likeness (QED) is 0.151. The summed E-state index contributed by atoms with van der Waals surface area (Å²) in [5.41, 5.74) is 19.5. The molecule has 0 saturated carbocycles. The Morgan fingerprint density at radius 3 is 1.09 bits per heavy atom. The first-order valence-electron chi connectivity index (χ1n) is 27.9. The van der Waals surface area contributed by atoms with E-state index in [-0.39, 0.29) is 0 Å². The topological polar surface area (TPSA) is 59.0 Å². The molecule has 0 spiro atoms. The van der Waals surface area contributed by atoms with Crippen molar-refractivity contribution in [2.24, 2.45) is 0 Å². The zero-order valence-corrected chi connectivity index (χ0v) is 44.8. The van der Waals surface area contributed by atoms with Crippen molar-refractivity contribution >= 4 is 143 Å². The van der Waals surface area contributed by atoms with Crippen molar-refractivity contribution in [2.75, 3.05) is 9.80 Å². The highest BCUT2D eigenvalue weighted by atomic mass is 16.3. The molecule has 0 radical (unpaired) electrons. The summed E-state index contributed by atoms with van der Waals surface area (Å²) in [6.45, 7) is 4.34. The smallest absolute Gasteiger partial charge is 0.159 e. The van der Waals surface area contributed by atoms with Gasteiger partial charge in [-0.05, 0) is 143 Å². The monoisotopic (exact) mass is 1050 g/mol. The number of para-hydroxylation sites is 6. The number of aryl methyl sites for hydroxylation is 2. The molecule has 0 unspecified atom stereocenters. The minimum Gasteiger partial charge on any atom is -0.456 e.